The van der Waals surface area contributed by atoms with Crippen LogP contribution in [-0.4, -0.2) is 30.4 Å². The zero-order valence-electron chi connectivity index (χ0n) is 11.0. The zero-order chi connectivity index (χ0) is 14.8. The Morgan fingerprint density at radius 3 is 2.75 bits per heavy atom. The first-order valence-corrected chi connectivity index (χ1v) is 6.72. The maximum Gasteiger partial charge on any atom is 0.311 e. The van der Waals surface area contributed by atoms with E-state index in [1.807, 2.05) is 0 Å². The predicted octanol–water partition coefficient (Wildman–Crippen LogP) is 2.35. The maximum atomic E-state index is 12.1. The summed E-state index contributed by atoms with van der Waals surface area (Å²) in [6, 6.07) is 4.27. The second-order valence-corrected chi connectivity index (χ2v) is 5.20. The number of ether oxygens (including phenoxy) is 1. The van der Waals surface area contributed by atoms with Crippen LogP contribution in [0.5, 0.6) is 5.75 Å². The van der Waals surface area contributed by atoms with Crippen molar-refractivity contribution in [1.82, 2.24) is 5.32 Å². The highest BCUT2D eigenvalue weighted by Crippen LogP contribution is 2.46. The van der Waals surface area contributed by atoms with E-state index < -0.39 is 4.92 Å². The fourth-order valence-corrected chi connectivity index (χ4v) is 2.32. The predicted molar refractivity (Wildman–Crippen MR) is 74.4 cm³/mol. The number of amides is 1. The molecule has 1 aromatic rings. The normalized spacial score (nSPS) is 15.5. The van der Waals surface area contributed by atoms with E-state index in [9.17, 15) is 14.9 Å². The minimum absolute atomic E-state index is 0.00877. The third-order valence-corrected chi connectivity index (χ3v) is 4.07. The average Bonchev–Trinajstić information content (AvgIpc) is 3.24. The molecule has 1 aliphatic carbocycles. The zero-order valence-corrected chi connectivity index (χ0v) is 11.8. The minimum Gasteiger partial charge on any atom is -0.490 e. The molecule has 108 valence electrons. The number of carbonyl (C=O) groups excluding carboxylic acids is 1. The first kappa shape index (κ1) is 14.6. The highest BCUT2D eigenvalue weighted by atomic mass is 35.5. The molecule has 0 bridgehead atoms. The van der Waals surface area contributed by atoms with Gasteiger partial charge in [0.15, 0.2) is 0 Å². The first-order valence-electron chi connectivity index (χ1n) is 6.18. The molecule has 20 heavy (non-hydrogen) atoms. The lowest BCUT2D eigenvalue weighted by Gasteiger charge is -2.13. The van der Waals surface area contributed by atoms with Crippen molar-refractivity contribution in [3.8, 4) is 5.75 Å². The maximum absolute atomic E-state index is 12.1. The van der Waals surface area contributed by atoms with Gasteiger partial charge in [0.2, 0.25) is 5.75 Å². The van der Waals surface area contributed by atoms with Gasteiger partial charge in [0, 0.05) is 23.9 Å². The standard InChI is InChI=1S/C13H15ClN2O4/c1-20-11-9(3-2-4-10(11)16(18)19)12(17)15-8-13(7-14)5-6-13/h2-4H,5-8H2,1H3,(H,15,17). The number of nitrogens with one attached hydrogen (secondary N) is 1. The minimum atomic E-state index is -0.573. The Bertz CT molecular complexity index is 543. The van der Waals surface area contributed by atoms with Crippen LogP contribution in [0.1, 0.15) is 23.2 Å². The van der Waals surface area contributed by atoms with Gasteiger partial charge in [-0.15, -0.1) is 11.6 Å². The second-order valence-electron chi connectivity index (χ2n) is 4.93. The molecule has 0 atom stereocenters. The second kappa shape index (κ2) is 5.66. The van der Waals surface area contributed by atoms with Crippen LogP contribution in [0.25, 0.3) is 0 Å². The molecule has 1 amide bonds. The van der Waals surface area contributed by atoms with Crippen LogP contribution in [-0.2, 0) is 0 Å². The van der Waals surface area contributed by atoms with Gasteiger partial charge in [0.25, 0.3) is 5.91 Å². The number of methoxy groups -OCH3 is 1. The number of para-hydroxylation sites is 1. The lowest BCUT2D eigenvalue weighted by Crippen LogP contribution is -2.31. The van der Waals surface area contributed by atoms with E-state index in [-0.39, 0.29) is 28.3 Å². The van der Waals surface area contributed by atoms with E-state index in [1.165, 1.54) is 25.3 Å². The monoisotopic (exact) mass is 298 g/mol. The number of hydrogen-bond donors (Lipinski definition) is 1. The number of rotatable bonds is 6. The molecule has 1 fully saturated rings. The molecule has 7 heteroatoms. The van der Waals surface area contributed by atoms with Crippen molar-refractivity contribution in [2.75, 3.05) is 19.5 Å². The summed E-state index contributed by atoms with van der Waals surface area (Å²) in [5.74, 6) is 0.0898. The van der Waals surface area contributed by atoms with E-state index in [2.05, 4.69) is 5.32 Å². The fourth-order valence-electron chi connectivity index (χ4n) is 1.96. The highest BCUT2D eigenvalue weighted by molar-refractivity contribution is 6.18. The average molecular weight is 299 g/mol. The van der Waals surface area contributed by atoms with Crippen molar-refractivity contribution in [3.05, 3.63) is 33.9 Å². The van der Waals surface area contributed by atoms with Crippen molar-refractivity contribution in [2.45, 2.75) is 12.8 Å². The number of nitrogens with zero attached hydrogens (tertiary/aromatic N) is 1. The van der Waals surface area contributed by atoms with Crippen molar-refractivity contribution in [2.24, 2.45) is 5.41 Å². The molecule has 0 aromatic heterocycles. The van der Waals surface area contributed by atoms with Gasteiger partial charge in [-0.25, -0.2) is 0 Å². The van der Waals surface area contributed by atoms with Crippen LogP contribution in [0.4, 0.5) is 5.69 Å². The molecule has 0 spiro atoms. The molecule has 1 aliphatic rings. The molecule has 0 aliphatic heterocycles. The summed E-state index contributed by atoms with van der Waals surface area (Å²) in [6.45, 7) is 0.473. The third-order valence-electron chi connectivity index (χ3n) is 3.50. The number of halogens is 1. The lowest BCUT2D eigenvalue weighted by molar-refractivity contribution is -0.385. The molecule has 0 radical (unpaired) electrons. The quantitative estimate of drug-likeness (QED) is 0.496. The molecular weight excluding hydrogens is 284 g/mol. The van der Waals surface area contributed by atoms with E-state index in [0.717, 1.165) is 12.8 Å². The molecule has 1 N–H and O–H groups in total. The Kier molecular flexibility index (Phi) is 4.13. The van der Waals surface area contributed by atoms with Gasteiger partial charge in [0.1, 0.15) is 0 Å². The molecule has 0 unspecified atom stereocenters. The summed E-state index contributed by atoms with van der Waals surface area (Å²) >= 11 is 5.85. The van der Waals surface area contributed by atoms with Crippen molar-refractivity contribution < 1.29 is 14.5 Å². The van der Waals surface area contributed by atoms with Gasteiger partial charge in [-0.05, 0) is 18.9 Å². The number of hydrogen-bond acceptors (Lipinski definition) is 4. The Balaban J connectivity index is 2.17. The number of carbonyl (C=O) groups is 1. The number of benzene rings is 1. The molecule has 6 nitrogen and oxygen atoms in total. The summed E-state index contributed by atoms with van der Waals surface area (Å²) in [5.41, 5.74) is -0.0729. The summed E-state index contributed by atoms with van der Waals surface area (Å²) < 4.78 is 5.00. The Morgan fingerprint density at radius 2 is 2.25 bits per heavy atom. The lowest BCUT2D eigenvalue weighted by atomic mass is 10.1. The third kappa shape index (κ3) is 2.85. The van der Waals surface area contributed by atoms with Crippen LogP contribution < -0.4 is 10.1 Å². The number of nitro groups is 1. The van der Waals surface area contributed by atoms with Gasteiger partial charge in [0.05, 0.1) is 17.6 Å². The Morgan fingerprint density at radius 1 is 1.55 bits per heavy atom. The molecule has 0 saturated heterocycles. The molecule has 2 rings (SSSR count). The van der Waals surface area contributed by atoms with Gasteiger partial charge in [-0.2, -0.15) is 0 Å². The highest BCUT2D eigenvalue weighted by Gasteiger charge is 2.42. The van der Waals surface area contributed by atoms with Crippen LogP contribution >= 0.6 is 11.6 Å². The smallest absolute Gasteiger partial charge is 0.311 e. The summed E-state index contributed by atoms with van der Waals surface area (Å²) in [4.78, 5) is 22.5. The summed E-state index contributed by atoms with van der Waals surface area (Å²) in [5, 5.41) is 13.7. The molecular formula is C13H15ClN2O4. The van der Waals surface area contributed by atoms with Crippen LogP contribution in [0.15, 0.2) is 18.2 Å². The fraction of sp³-hybridized carbons (Fsp3) is 0.462. The van der Waals surface area contributed by atoms with Crippen LogP contribution in [0.2, 0.25) is 0 Å². The molecule has 1 aromatic carbocycles. The van der Waals surface area contributed by atoms with E-state index in [0.29, 0.717) is 12.4 Å². The van der Waals surface area contributed by atoms with Crippen LogP contribution in [0.3, 0.4) is 0 Å². The summed E-state index contributed by atoms with van der Waals surface area (Å²) in [6.07, 6.45) is 1.98. The van der Waals surface area contributed by atoms with Crippen LogP contribution in [0, 0.1) is 15.5 Å². The first-order chi connectivity index (χ1) is 9.53. The molecule has 1 saturated carbocycles. The Labute approximate surface area is 121 Å². The van der Waals surface area contributed by atoms with E-state index in [1.54, 1.807) is 0 Å². The number of nitro benzene ring substituents is 1. The topological polar surface area (TPSA) is 81.5 Å². The summed E-state index contributed by atoms with van der Waals surface area (Å²) in [7, 11) is 1.31. The van der Waals surface area contributed by atoms with Gasteiger partial charge < -0.3 is 10.1 Å². The van der Waals surface area contributed by atoms with Crippen molar-refractivity contribution >= 4 is 23.2 Å². The van der Waals surface area contributed by atoms with Gasteiger partial charge >= 0.3 is 5.69 Å². The van der Waals surface area contributed by atoms with E-state index in [4.69, 9.17) is 16.3 Å². The van der Waals surface area contributed by atoms with Crippen molar-refractivity contribution in [1.29, 1.82) is 0 Å². The largest absolute Gasteiger partial charge is 0.490 e. The van der Waals surface area contributed by atoms with Gasteiger partial charge in [-0.1, -0.05) is 6.07 Å². The Hall–Kier alpha value is -1.82. The van der Waals surface area contributed by atoms with Crippen molar-refractivity contribution in [3.63, 3.8) is 0 Å². The molecule has 0 heterocycles. The number of alkyl halides is 1. The van der Waals surface area contributed by atoms with E-state index >= 15 is 0 Å². The SMILES string of the molecule is COc1c(C(=O)NCC2(CCl)CC2)cccc1[N+](=O)[O-]. The van der Waals surface area contributed by atoms with Gasteiger partial charge in [-0.3, -0.25) is 14.9 Å².